The smallest absolute Gasteiger partial charge is 0.161 e. The van der Waals surface area contributed by atoms with Crippen LogP contribution in [-0.4, -0.2) is 5.78 Å². The molecule has 1 heterocycles. The molecule has 0 aliphatic heterocycles. The molecule has 0 spiro atoms. The number of carbonyl (C=O) groups excluding carboxylic acids is 1. The van der Waals surface area contributed by atoms with Crippen molar-refractivity contribution in [3.05, 3.63) is 46.7 Å². The predicted octanol–water partition coefficient (Wildman–Crippen LogP) is 3.62. The van der Waals surface area contributed by atoms with Gasteiger partial charge >= 0.3 is 0 Å². The maximum atomic E-state index is 11.3. The molecule has 0 amide bonds. The fourth-order valence-corrected chi connectivity index (χ4v) is 2.31. The lowest BCUT2D eigenvalue weighted by Gasteiger charge is -1.99. The van der Waals surface area contributed by atoms with E-state index in [-0.39, 0.29) is 5.78 Å². The molecule has 14 heavy (non-hydrogen) atoms. The van der Waals surface area contributed by atoms with Crippen molar-refractivity contribution in [2.75, 3.05) is 0 Å². The van der Waals surface area contributed by atoms with Crippen molar-refractivity contribution in [3.63, 3.8) is 0 Å². The summed E-state index contributed by atoms with van der Waals surface area (Å²) >= 11 is 1.57. The van der Waals surface area contributed by atoms with Crippen LogP contribution >= 0.6 is 11.3 Å². The van der Waals surface area contributed by atoms with Gasteiger partial charge in [-0.15, -0.1) is 0 Å². The maximum Gasteiger partial charge on any atom is 0.161 e. The molecular formula is C12H10OS. The average molecular weight is 202 g/mol. The number of ketones is 1. The topological polar surface area (TPSA) is 17.1 Å². The van der Waals surface area contributed by atoms with E-state index >= 15 is 0 Å². The second-order valence-corrected chi connectivity index (χ2v) is 3.86. The quantitative estimate of drug-likeness (QED) is 0.680. The summed E-state index contributed by atoms with van der Waals surface area (Å²) in [5.41, 5.74) is 2.98. The lowest BCUT2D eigenvalue weighted by molar-refractivity contribution is 0.101. The fraction of sp³-hybridized carbons (Fsp3) is 0.0833. The summed E-state index contributed by atoms with van der Waals surface area (Å²) in [5.74, 6) is 0.130. The Morgan fingerprint density at radius 3 is 2.50 bits per heavy atom. The standard InChI is InChI=1S/C12H10OS/c1-9(13)11-7-14-8-12(11)10-5-3-2-4-6-10/h2-8H,1H3. The predicted molar refractivity (Wildman–Crippen MR) is 59.8 cm³/mol. The molecule has 1 aromatic carbocycles. The molecule has 70 valence electrons. The van der Waals surface area contributed by atoms with Crippen LogP contribution in [0, 0.1) is 0 Å². The second-order valence-electron chi connectivity index (χ2n) is 3.12. The lowest BCUT2D eigenvalue weighted by Crippen LogP contribution is -1.91. The Labute approximate surface area is 87.0 Å². The normalized spacial score (nSPS) is 10.1. The summed E-state index contributed by atoms with van der Waals surface area (Å²) in [6.07, 6.45) is 0. The van der Waals surface area contributed by atoms with Crippen LogP contribution in [0.3, 0.4) is 0 Å². The first-order valence-corrected chi connectivity index (χ1v) is 5.36. The Hall–Kier alpha value is -1.41. The Kier molecular flexibility index (Phi) is 2.46. The van der Waals surface area contributed by atoms with Crippen molar-refractivity contribution in [3.8, 4) is 11.1 Å². The van der Waals surface area contributed by atoms with Gasteiger partial charge in [0.05, 0.1) is 0 Å². The van der Waals surface area contributed by atoms with Crippen LogP contribution in [0.25, 0.3) is 11.1 Å². The van der Waals surface area contributed by atoms with Crippen LogP contribution in [0.4, 0.5) is 0 Å². The second kappa shape index (κ2) is 3.76. The molecule has 0 radical (unpaired) electrons. The Morgan fingerprint density at radius 1 is 1.14 bits per heavy atom. The van der Waals surface area contributed by atoms with Gasteiger partial charge in [-0.1, -0.05) is 30.3 Å². The van der Waals surface area contributed by atoms with Crippen molar-refractivity contribution in [1.29, 1.82) is 0 Å². The molecule has 2 aromatic rings. The van der Waals surface area contributed by atoms with E-state index in [4.69, 9.17) is 0 Å². The highest BCUT2D eigenvalue weighted by Crippen LogP contribution is 2.27. The van der Waals surface area contributed by atoms with Gasteiger partial charge in [0.2, 0.25) is 0 Å². The van der Waals surface area contributed by atoms with E-state index in [2.05, 4.69) is 0 Å². The van der Waals surface area contributed by atoms with Crippen molar-refractivity contribution < 1.29 is 4.79 Å². The molecule has 0 fully saturated rings. The highest BCUT2D eigenvalue weighted by atomic mass is 32.1. The molecule has 1 nitrogen and oxygen atoms in total. The van der Waals surface area contributed by atoms with Crippen LogP contribution in [0.15, 0.2) is 41.1 Å². The van der Waals surface area contributed by atoms with E-state index in [1.165, 1.54) is 0 Å². The number of thiophene rings is 1. The van der Waals surface area contributed by atoms with Gasteiger partial charge in [-0.2, -0.15) is 11.3 Å². The summed E-state index contributed by atoms with van der Waals surface area (Å²) in [7, 11) is 0. The number of benzene rings is 1. The maximum absolute atomic E-state index is 11.3. The molecular weight excluding hydrogens is 192 g/mol. The van der Waals surface area contributed by atoms with E-state index in [9.17, 15) is 4.79 Å². The molecule has 0 unspecified atom stereocenters. The zero-order valence-electron chi connectivity index (χ0n) is 7.86. The van der Waals surface area contributed by atoms with Crippen molar-refractivity contribution in [2.45, 2.75) is 6.92 Å². The van der Waals surface area contributed by atoms with Crippen molar-refractivity contribution in [1.82, 2.24) is 0 Å². The summed E-state index contributed by atoms with van der Waals surface area (Å²) < 4.78 is 0. The van der Waals surface area contributed by atoms with E-state index in [1.807, 2.05) is 41.1 Å². The number of hydrogen-bond donors (Lipinski definition) is 0. The van der Waals surface area contributed by atoms with Gasteiger partial charge < -0.3 is 0 Å². The van der Waals surface area contributed by atoms with Gasteiger partial charge in [-0.05, 0) is 17.9 Å². The third kappa shape index (κ3) is 1.61. The van der Waals surface area contributed by atoms with Crippen molar-refractivity contribution >= 4 is 17.1 Å². The Bertz CT molecular complexity index is 442. The first-order chi connectivity index (χ1) is 6.79. The molecule has 0 bridgehead atoms. The minimum atomic E-state index is 0.130. The Balaban J connectivity index is 2.52. The largest absolute Gasteiger partial charge is 0.294 e. The number of carbonyl (C=O) groups is 1. The number of rotatable bonds is 2. The molecule has 2 heteroatoms. The number of hydrogen-bond acceptors (Lipinski definition) is 2. The molecule has 0 saturated carbocycles. The summed E-state index contributed by atoms with van der Waals surface area (Å²) in [6.45, 7) is 1.61. The molecule has 0 aliphatic carbocycles. The van der Waals surface area contributed by atoms with Gasteiger partial charge in [0, 0.05) is 16.5 Å². The molecule has 0 aliphatic rings. The zero-order valence-corrected chi connectivity index (χ0v) is 8.67. The fourth-order valence-electron chi connectivity index (χ4n) is 1.41. The average Bonchev–Trinajstić information content (AvgIpc) is 2.67. The molecule has 0 N–H and O–H groups in total. The molecule has 0 saturated heterocycles. The van der Waals surface area contributed by atoms with Gasteiger partial charge in [0.15, 0.2) is 5.78 Å². The number of Topliss-reactive ketones (excluding diaryl/α,β-unsaturated/α-hetero) is 1. The minimum Gasteiger partial charge on any atom is -0.294 e. The van der Waals surface area contributed by atoms with E-state index < -0.39 is 0 Å². The summed E-state index contributed by atoms with van der Waals surface area (Å²) in [4.78, 5) is 11.3. The van der Waals surface area contributed by atoms with E-state index in [1.54, 1.807) is 18.3 Å². The first kappa shape index (κ1) is 9.16. The van der Waals surface area contributed by atoms with Crippen LogP contribution in [0.1, 0.15) is 17.3 Å². The lowest BCUT2D eigenvalue weighted by atomic mass is 10.0. The SMILES string of the molecule is CC(=O)c1cscc1-c1ccccc1. The summed E-state index contributed by atoms with van der Waals surface area (Å²) in [6, 6.07) is 9.99. The van der Waals surface area contributed by atoms with Gasteiger partial charge in [0.1, 0.15) is 0 Å². The van der Waals surface area contributed by atoms with E-state index in [0.717, 1.165) is 16.7 Å². The van der Waals surface area contributed by atoms with Crippen LogP contribution < -0.4 is 0 Å². The van der Waals surface area contributed by atoms with Crippen LogP contribution in [0.5, 0.6) is 0 Å². The molecule has 0 atom stereocenters. The minimum absolute atomic E-state index is 0.130. The first-order valence-electron chi connectivity index (χ1n) is 4.41. The molecule has 1 aromatic heterocycles. The highest BCUT2D eigenvalue weighted by molar-refractivity contribution is 7.08. The highest BCUT2D eigenvalue weighted by Gasteiger charge is 2.09. The van der Waals surface area contributed by atoms with Gasteiger partial charge in [-0.25, -0.2) is 0 Å². The third-order valence-corrected chi connectivity index (χ3v) is 2.87. The van der Waals surface area contributed by atoms with Crippen molar-refractivity contribution in [2.24, 2.45) is 0 Å². The van der Waals surface area contributed by atoms with Crippen LogP contribution in [0.2, 0.25) is 0 Å². The molecule has 2 rings (SSSR count). The third-order valence-electron chi connectivity index (χ3n) is 2.13. The zero-order chi connectivity index (χ0) is 9.97. The summed E-state index contributed by atoms with van der Waals surface area (Å²) in [5, 5.41) is 3.93. The van der Waals surface area contributed by atoms with Gasteiger partial charge in [0.25, 0.3) is 0 Å². The van der Waals surface area contributed by atoms with Gasteiger partial charge in [-0.3, -0.25) is 4.79 Å². The van der Waals surface area contributed by atoms with Crippen LogP contribution in [-0.2, 0) is 0 Å². The monoisotopic (exact) mass is 202 g/mol. The van der Waals surface area contributed by atoms with E-state index in [0.29, 0.717) is 0 Å². The Morgan fingerprint density at radius 2 is 1.86 bits per heavy atom.